The minimum Gasteiger partial charge on any atom is -0.378 e. The van der Waals surface area contributed by atoms with E-state index in [0.717, 1.165) is 25.6 Å². The molecule has 104 valence electrons. The number of nitrogens with one attached hydrogen (secondary N) is 1. The van der Waals surface area contributed by atoms with Gasteiger partial charge in [-0.15, -0.1) is 0 Å². The lowest BCUT2D eigenvalue weighted by Gasteiger charge is -2.27. The Bertz CT molecular complexity index is 259. The first-order chi connectivity index (χ1) is 8.77. The van der Waals surface area contributed by atoms with E-state index in [1.807, 2.05) is 4.90 Å². The first-order valence-electron chi connectivity index (χ1n) is 7.36. The van der Waals surface area contributed by atoms with E-state index >= 15 is 0 Å². The van der Waals surface area contributed by atoms with Gasteiger partial charge in [0, 0.05) is 32.1 Å². The zero-order chi connectivity index (χ0) is 12.8. The van der Waals surface area contributed by atoms with E-state index in [1.165, 1.54) is 25.7 Å². The molecule has 18 heavy (non-hydrogen) atoms. The van der Waals surface area contributed by atoms with E-state index in [0.29, 0.717) is 25.7 Å². The molecule has 4 nitrogen and oxygen atoms in total. The van der Waals surface area contributed by atoms with Crippen molar-refractivity contribution in [3.63, 3.8) is 0 Å². The van der Waals surface area contributed by atoms with Crippen molar-refractivity contribution in [1.82, 2.24) is 10.2 Å². The van der Waals surface area contributed by atoms with Crippen molar-refractivity contribution in [3.8, 4) is 0 Å². The maximum atomic E-state index is 11.9. The van der Waals surface area contributed by atoms with Gasteiger partial charge in [0.15, 0.2) is 0 Å². The fraction of sp³-hybridized carbons (Fsp3) is 0.929. The number of ether oxygens (including phenoxy) is 1. The van der Waals surface area contributed by atoms with Crippen LogP contribution >= 0.6 is 0 Å². The van der Waals surface area contributed by atoms with E-state index in [-0.39, 0.29) is 5.91 Å². The summed E-state index contributed by atoms with van der Waals surface area (Å²) in [7, 11) is 0. The van der Waals surface area contributed by atoms with E-state index < -0.39 is 0 Å². The number of carbonyl (C=O) groups excluding carboxylic acids is 1. The SMILES string of the molecule is CC(NCCC(=O)N1CCOCC1)C1CCCC1. The summed E-state index contributed by atoms with van der Waals surface area (Å²) < 4.78 is 5.25. The van der Waals surface area contributed by atoms with Gasteiger partial charge in [0.1, 0.15) is 0 Å². The van der Waals surface area contributed by atoms with Gasteiger partial charge in [-0.1, -0.05) is 12.8 Å². The quantitative estimate of drug-likeness (QED) is 0.806. The molecule has 4 heteroatoms. The van der Waals surface area contributed by atoms with Crippen LogP contribution in [-0.2, 0) is 9.53 Å². The van der Waals surface area contributed by atoms with Crippen molar-refractivity contribution in [1.29, 1.82) is 0 Å². The Labute approximate surface area is 110 Å². The summed E-state index contributed by atoms with van der Waals surface area (Å²) in [6.07, 6.45) is 6.08. The topological polar surface area (TPSA) is 41.6 Å². The normalized spacial score (nSPS) is 23.3. The molecule has 1 N–H and O–H groups in total. The lowest BCUT2D eigenvalue weighted by atomic mass is 10.00. The van der Waals surface area contributed by atoms with Crippen LogP contribution in [0.3, 0.4) is 0 Å². The van der Waals surface area contributed by atoms with Gasteiger partial charge >= 0.3 is 0 Å². The molecule has 0 bridgehead atoms. The second-order valence-electron chi connectivity index (χ2n) is 5.53. The van der Waals surface area contributed by atoms with E-state index in [9.17, 15) is 4.79 Å². The third-order valence-corrected chi connectivity index (χ3v) is 4.28. The fourth-order valence-electron chi connectivity index (χ4n) is 3.00. The largest absolute Gasteiger partial charge is 0.378 e. The van der Waals surface area contributed by atoms with Crippen LogP contribution in [0.1, 0.15) is 39.0 Å². The summed E-state index contributed by atoms with van der Waals surface area (Å²) in [4.78, 5) is 13.9. The first-order valence-corrected chi connectivity index (χ1v) is 7.36. The molecule has 0 radical (unpaired) electrons. The minimum absolute atomic E-state index is 0.268. The van der Waals surface area contributed by atoms with Gasteiger partial charge in [-0.3, -0.25) is 4.79 Å². The molecule has 1 saturated heterocycles. The molecule has 0 spiro atoms. The summed E-state index contributed by atoms with van der Waals surface area (Å²) >= 11 is 0. The summed E-state index contributed by atoms with van der Waals surface area (Å²) in [5.41, 5.74) is 0. The Kier molecular flexibility index (Phi) is 5.45. The van der Waals surface area contributed by atoms with Crippen molar-refractivity contribution in [2.45, 2.75) is 45.1 Å². The molecular weight excluding hydrogens is 228 g/mol. The molecule has 2 rings (SSSR count). The highest BCUT2D eigenvalue weighted by atomic mass is 16.5. The lowest BCUT2D eigenvalue weighted by Crippen LogP contribution is -2.42. The molecule has 2 aliphatic rings. The van der Waals surface area contributed by atoms with Crippen LogP contribution in [0.5, 0.6) is 0 Å². The predicted octanol–water partition coefficient (Wildman–Crippen LogP) is 1.40. The van der Waals surface area contributed by atoms with Crippen molar-refractivity contribution in [3.05, 3.63) is 0 Å². The highest BCUT2D eigenvalue weighted by molar-refractivity contribution is 5.76. The number of hydrogen-bond donors (Lipinski definition) is 1. The first kappa shape index (κ1) is 13.8. The summed E-state index contributed by atoms with van der Waals surface area (Å²) in [5, 5.41) is 3.52. The number of rotatable bonds is 5. The zero-order valence-corrected chi connectivity index (χ0v) is 11.5. The van der Waals surface area contributed by atoms with E-state index in [2.05, 4.69) is 12.2 Å². The average molecular weight is 254 g/mol. The molecule has 0 aromatic rings. The monoisotopic (exact) mass is 254 g/mol. The van der Waals surface area contributed by atoms with Gasteiger partial charge < -0.3 is 15.0 Å². The Balaban J connectivity index is 1.60. The van der Waals surface area contributed by atoms with Crippen molar-refractivity contribution in [2.75, 3.05) is 32.8 Å². The Morgan fingerprint density at radius 3 is 2.67 bits per heavy atom. The molecule has 1 saturated carbocycles. The fourth-order valence-corrected chi connectivity index (χ4v) is 3.00. The molecule has 0 aromatic carbocycles. The highest BCUT2D eigenvalue weighted by Gasteiger charge is 2.21. The van der Waals surface area contributed by atoms with Gasteiger partial charge in [-0.25, -0.2) is 0 Å². The summed E-state index contributed by atoms with van der Waals surface area (Å²) in [5.74, 6) is 1.09. The van der Waals surface area contributed by atoms with Crippen LogP contribution in [0, 0.1) is 5.92 Å². The Morgan fingerprint density at radius 2 is 2.00 bits per heavy atom. The zero-order valence-electron chi connectivity index (χ0n) is 11.5. The van der Waals surface area contributed by atoms with Gasteiger partial charge in [0.05, 0.1) is 13.2 Å². The molecular formula is C14H26N2O2. The van der Waals surface area contributed by atoms with Gasteiger partial charge in [-0.2, -0.15) is 0 Å². The number of nitrogens with zero attached hydrogens (tertiary/aromatic N) is 1. The van der Waals surface area contributed by atoms with Crippen molar-refractivity contribution < 1.29 is 9.53 Å². The number of morpholine rings is 1. The Hall–Kier alpha value is -0.610. The van der Waals surface area contributed by atoms with E-state index in [4.69, 9.17) is 4.74 Å². The molecule has 2 fully saturated rings. The Morgan fingerprint density at radius 1 is 1.33 bits per heavy atom. The van der Waals surface area contributed by atoms with Crippen LogP contribution in [-0.4, -0.2) is 49.7 Å². The average Bonchev–Trinajstić information content (AvgIpc) is 2.93. The van der Waals surface area contributed by atoms with Crippen LogP contribution in [0.15, 0.2) is 0 Å². The van der Waals surface area contributed by atoms with Gasteiger partial charge in [0.2, 0.25) is 5.91 Å². The molecule has 1 aliphatic heterocycles. The summed E-state index contributed by atoms with van der Waals surface area (Å²) in [6.45, 7) is 5.98. The third-order valence-electron chi connectivity index (χ3n) is 4.28. The molecule has 1 aliphatic carbocycles. The maximum absolute atomic E-state index is 11.9. The van der Waals surface area contributed by atoms with Gasteiger partial charge in [-0.05, 0) is 25.7 Å². The maximum Gasteiger partial charge on any atom is 0.224 e. The standard InChI is InChI=1S/C14H26N2O2/c1-12(13-4-2-3-5-13)15-7-6-14(17)16-8-10-18-11-9-16/h12-13,15H,2-11H2,1H3. The van der Waals surface area contributed by atoms with Crippen LogP contribution in [0.4, 0.5) is 0 Å². The molecule has 1 unspecified atom stereocenters. The minimum atomic E-state index is 0.268. The molecule has 1 atom stereocenters. The number of hydrogen-bond acceptors (Lipinski definition) is 3. The van der Waals surface area contributed by atoms with Crippen LogP contribution in [0.2, 0.25) is 0 Å². The molecule has 0 aromatic heterocycles. The predicted molar refractivity (Wildman–Crippen MR) is 71.4 cm³/mol. The lowest BCUT2D eigenvalue weighted by molar-refractivity contribution is -0.135. The second kappa shape index (κ2) is 7.10. The highest BCUT2D eigenvalue weighted by Crippen LogP contribution is 2.27. The van der Waals surface area contributed by atoms with Crippen LogP contribution in [0.25, 0.3) is 0 Å². The smallest absolute Gasteiger partial charge is 0.224 e. The number of carbonyl (C=O) groups is 1. The van der Waals surface area contributed by atoms with Crippen molar-refractivity contribution >= 4 is 5.91 Å². The second-order valence-corrected chi connectivity index (χ2v) is 5.53. The van der Waals surface area contributed by atoms with Crippen molar-refractivity contribution in [2.24, 2.45) is 5.92 Å². The number of amides is 1. The molecule has 1 amide bonds. The van der Waals surface area contributed by atoms with Crippen LogP contribution < -0.4 is 5.32 Å². The van der Waals surface area contributed by atoms with E-state index in [1.54, 1.807) is 0 Å². The van der Waals surface area contributed by atoms with Gasteiger partial charge in [0.25, 0.3) is 0 Å². The third kappa shape index (κ3) is 3.95. The molecule has 1 heterocycles. The summed E-state index contributed by atoms with van der Waals surface area (Å²) in [6, 6.07) is 0.560.